The second-order valence-electron chi connectivity index (χ2n) is 8.56. The predicted octanol–water partition coefficient (Wildman–Crippen LogP) is 7.12. The number of rotatable bonds is 7. The van der Waals surface area contributed by atoms with E-state index in [2.05, 4.69) is 79.2 Å². The van der Waals surface area contributed by atoms with Crippen molar-refractivity contribution in [3.05, 3.63) is 70.6 Å². The fourth-order valence-corrected chi connectivity index (χ4v) is 17.8. The molecular weight excluding hydrogens is 474 g/mol. The molecule has 0 aromatic heterocycles. The fourth-order valence-electron chi connectivity index (χ4n) is 5.48. The molecule has 0 aliphatic carbocycles. The van der Waals surface area contributed by atoms with E-state index in [1.54, 1.807) is 32.3 Å². The van der Waals surface area contributed by atoms with Crippen LogP contribution >= 0.6 is 0 Å². The van der Waals surface area contributed by atoms with Gasteiger partial charge in [0.15, 0.2) is 0 Å². The molecular formula is C26H35BO2Sn. The van der Waals surface area contributed by atoms with Gasteiger partial charge in [-0.15, -0.1) is 0 Å². The Morgan fingerprint density at radius 3 is 1.50 bits per heavy atom. The maximum absolute atomic E-state index is 5.59. The zero-order chi connectivity index (χ0) is 21.9. The van der Waals surface area contributed by atoms with Gasteiger partial charge in [-0.25, -0.2) is 0 Å². The van der Waals surface area contributed by atoms with E-state index in [-0.39, 0.29) is 0 Å². The van der Waals surface area contributed by atoms with Crippen molar-refractivity contribution in [3.8, 4) is 11.5 Å². The Balaban J connectivity index is 2.32. The molecule has 0 saturated carbocycles. The molecule has 0 unspecified atom stereocenters. The van der Waals surface area contributed by atoms with Crippen LogP contribution in [0.2, 0.25) is 16.2 Å². The SMILES string of the molecule is CCB1C(CC)=[C](c2cccc(OC)c2)[Sn]([CH3])([CH3])[C](c2cccc(OC)c2)=C1CC. The normalized spacial score (nSPS) is 16.2. The molecule has 1 aliphatic rings. The minimum absolute atomic E-state index is 0.520. The first-order valence-electron chi connectivity index (χ1n) is 11.2. The topological polar surface area (TPSA) is 18.5 Å². The van der Waals surface area contributed by atoms with Crippen LogP contribution in [0.3, 0.4) is 0 Å². The molecule has 30 heavy (non-hydrogen) atoms. The van der Waals surface area contributed by atoms with E-state index in [0.717, 1.165) is 30.7 Å². The van der Waals surface area contributed by atoms with Crippen molar-refractivity contribution in [2.75, 3.05) is 14.2 Å². The van der Waals surface area contributed by atoms with Crippen LogP contribution in [0.5, 0.6) is 11.5 Å². The predicted molar refractivity (Wildman–Crippen MR) is 134 cm³/mol. The molecule has 158 valence electrons. The van der Waals surface area contributed by atoms with Gasteiger partial charge in [0.1, 0.15) is 0 Å². The Hall–Kier alpha value is -1.62. The number of hydrogen-bond acceptors (Lipinski definition) is 2. The third kappa shape index (κ3) is 4.10. The van der Waals surface area contributed by atoms with Crippen LogP contribution in [0.1, 0.15) is 44.7 Å². The summed E-state index contributed by atoms with van der Waals surface area (Å²) in [6.07, 6.45) is 3.37. The summed E-state index contributed by atoms with van der Waals surface area (Å²) in [6.45, 7) is 7.54. The second-order valence-corrected chi connectivity index (χ2v) is 20.7. The van der Waals surface area contributed by atoms with E-state index < -0.39 is 18.4 Å². The van der Waals surface area contributed by atoms with Crippen molar-refractivity contribution in [2.24, 2.45) is 0 Å². The van der Waals surface area contributed by atoms with Gasteiger partial charge in [-0.1, -0.05) is 0 Å². The molecule has 4 heteroatoms. The Kier molecular flexibility index (Phi) is 7.44. The Labute approximate surface area is 187 Å². The van der Waals surface area contributed by atoms with E-state index in [4.69, 9.17) is 9.47 Å². The van der Waals surface area contributed by atoms with E-state index in [0.29, 0.717) is 6.71 Å². The first kappa shape index (κ1) is 23.1. The van der Waals surface area contributed by atoms with Gasteiger partial charge < -0.3 is 0 Å². The number of allylic oxidation sites excluding steroid dienone is 2. The van der Waals surface area contributed by atoms with Gasteiger partial charge in [0.05, 0.1) is 0 Å². The summed E-state index contributed by atoms with van der Waals surface area (Å²) in [6, 6.07) is 17.5. The van der Waals surface area contributed by atoms with Crippen LogP contribution in [0.15, 0.2) is 59.5 Å². The molecule has 0 N–H and O–H groups in total. The molecule has 0 saturated heterocycles. The monoisotopic (exact) mass is 510 g/mol. The van der Waals surface area contributed by atoms with E-state index in [1.165, 1.54) is 11.1 Å². The van der Waals surface area contributed by atoms with Crippen LogP contribution in [0, 0.1) is 0 Å². The fraction of sp³-hybridized carbons (Fsp3) is 0.385. The average Bonchev–Trinajstić information content (AvgIpc) is 2.77. The molecule has 0 fully saturated rings. The third-order valence-electron chi connectivity index (χ3n) is 6.62. The average molecular weight is 509 g/mol. The molecule has 2 nitrogen and oxygen atoms in total. The standard InChI is InChI=1S/C24H29BO2.2CH3.Sn/c1-6-21(15-19-11-9-13-23(17-19)26-4)25(8-3)22(7-2)16-20-12-10-14-24(18-20)27-5;;;/h9-14,17-18H,6-8H2,1-5H3;2*1H3;. The van der Waals surface area contributed by atoms with Crippen molar-refractivity contribution in [1.82, 2.24) is 0 Å². The van der Waals surface area contributed by atoms with Gasteiger partial charge in [0.25, 0.3) is 0 Å². The number of benzene rings is 2. The molecule has 0 bridgehead atoms. The molecule has 1 aliphatic heterocycles. The van der Waals surface area contributed by atoms with Crippen molar-refractivity contribution in [3.63, 3.8) is 0 Å². The van der Waals surface area contributed by atoms with Gasteiger partial charge >= 0.3 is 188 Å². The minimum atomic E-state index is -2.93. The quantitative estimate of drug-likeness (QED) is 0.370. The van der Waals surface area contributed by atoms with Gasteiger partial charge in [-0.3, -0.25) is 0 Å². The van der Waals surface area contributed by atoms with Crippen molar-refractivity contribution in [2.45, 2.75) is 49.8 Å². The van der Waals surface area contributed by atoms with E-state index >= 15 is 0 Å². The van der Waals surface area contributed by atoms with E-state index in [1.807, 2.05) is 0 Å². The summed E-state index contributed by atoms with van der Waals surface area (Å²) >= 11 is -2.93. The van der Waals surface area contributed by atoms with Crippen LogP contribution in [0.4, 0.5) is 0 Å². The van der Waals surface area contributed by atoms with Gasteiger partial charge in [0.2, 0.25) is 0 Å². The van der Waals surface area contributed by atoms with Crippen molar-refractivity contribution >= 4 is 32.3 Å². The van der Waals surface area contributed by atoms with E-state index in [9.17, 15) is 0 Å². The van der Waals surface area contributed by atoms with Crippen LogP contribution in [-0.4, -0.2) is 39.3 Å². The molecule has 0 atom stereocenters. The van der Waals surface area contributed by atoms with Gasteiger partial charge in [0, 0.05) is 0 Å². The van der Waals surface area contributed by atoms with Crippen LogP contribution in [0.25, 0.3) is 7.18 Å². The zero-order valence-electron chi connectivity index (χ0n) is 19.6. The molecule has 0 amide bonds. The van der Waals surface area contributed by atoms with Gasteiger partial charge in [-0.05, 0) is 0 Å². The van der Waals surface area contributed by atoms with Crippen LogP contribution in [-0.2, 0) is 0 Å². The zero-order valence-corrected chi connectivity index (χ0v) is 22.5. The van der Waals surface area contributed by atoms with Crippen molar-refractivity contribution < 1.29 is 9.47 Å². The molecule has 3 rings (SSSR count). The van der Waals surface area contributed by atoms with Crippen LogP contribution < -0.4 is 9.47 Å². The second kappa shape index (κ2) is 9.68. The summed E-state index contributed by atoms with van der Waals surface area (Å²) in [4.78, 5) is 5.19. The first-order valence-corrected chi connectivity index (χ1v) is 19.7. The third-order valence-corrected chi connectivity index (χ3v) is 17.2. The summed E-state index contributed by atoms with van der Waals surface area (Å²) in [5.74, 6) is 1.89. The summed E-state index contributed by atoms with van der Waals surface area (Å²) < 4.78 is 14.5. The summed E-state index contributed by atoms with van der Waals surface area (Å²) in [5, 5.41) is 0. The first-order chi connectivity index (χ1) is 14.4. The molecule has 0 spiro atoms. The Bertz CT molecular complexity index is 899. The Morgan fingerprint density at radius 1 is 0.733 bits per heavy atom. The molecule has 1 heterocycles. The summed E-state index contributed by atoms with van der Waals surface area (Å²) in [5.41, 5.74) is 6.05. The molecule has 2 aromatic rings. The number of methoxy groups -OCH3 is 2. The Morgan fingerprint density at radius 2 is 1.17 bits per heavy atom. The van der Waals surface area contributed by atoms with Crippen molar-refractivity contribution in [1.29, 1.82) is 0 Å². The van der Waals surface area contributed by atoms with Gasteiger partial charge in [-0.2, -0.15) is 0 Å². The molecule has 0 radical (unpaired) electrons. The number of ether oxygens (including phenoxy) is 2. The number of hydrogen-bond donors (Lipinski definition) is 0. The molecule has 2 aromatic carbocycles. The summed E-state index contributed by atoms with van der Waals surface area (Å²) in [7, 11) is 3.52. The maximum atomic E-state index is 5.59.